The monoisotopic (exact) mass is 352 g/mol. The van der Waals surface area contributed by atoms with Gasteiger partial charge in [-0.2, -0.15) is 36.7 Å². The first-order chi connectivity index (χ1) is 9.90. The lowest BCUT2D eigenvalue weighted by Gasteiger charge is -2.26. The first kappa shape index (κ1) is 17.1. The number of thioether (sulfide) groups is 2. The van der Waals surface area contributed by atoms with Crippen molar-refractivity contribution in [2.75, 3.05) is 12.0 Å². The highest BCUT2D eigenvalue weighted by Gasteiger charge is 2.35. The lowest BCUT2D eigenvalue weighted by Crippen LogP contribution is -2.20. The molecule has 0 spiro atoms. The van der Waals surface area contributed by atoms with Gasteiger partial charge in [-0.15, -0.1) is 0 Å². The smallest absolute Gasteiger partial charge is 0.166 e. The topological polar surface area (TPSA) is 0 Å². The molecule has 6 heteroatoms. The van der Waals surface area contributed by atoms with Crippen LogP contribution in [0.15, 0.2) is 30.3 Å². The van der Waals surface area contributed by atoms with Crippen LogP contribution in [-0.2, 0) is 0 Å². The second-order valence-corrected chi connectivity index (χ2v) is 7.74. The summed E-state index contributed by atoms with van der Waals surface area (Å²) in [5, 5.41) is 0.931. The van der Waals surface area contributed by atoms with Gasteiger partial charge in [0.1, 0.15) is 0 Å². The van der Waals surface area contributed by atoms with Gasteiger partial charge in [-0.25, -0.2) is 0 Å². The molecule has 1 fully saturated rings. The van der Waals surface area contributed by atoms with E-state index in [1.807, 2.05) is 0 Å². The van der Waals surface area contributed by atoms with Gasteiger partial charge in [0.25, 0.3) is 0 Å². The van der Waals surface area contributed by atoms with E-state index in [0.29, 0.717) is 10.3 Å². The molecule has 0 N–H and O–H groups in total. The molecule has 0 radical (unpaired) electrons. The van der Waals surface area contributed by atoms with Crippen molar-refractivity contribution >= 4 is 40.7 Å². The third kappa shape index (κ3) is 4.86. The summed E-state index contributed by atoms with van der Waals surface area (Å²) in [6.07, 6.45) is 0.857. The fourth-order valence-corrected chi connectivity index (χ4v) is 4.68. The van der Waals surface area contributed by atoms with E-state index >= 15 is 0 Å². The van der Waals surface area contributed by atoms with Crippen molar-refractivity contribution in [2.45, 2.75) is 29.5 Å². The zero-order valence-electron chi connectivity index (χ0n) is 11.5. The summed E-state index contributed by atoms with van der Waals surface area (Å²) in [5.41, 5.74) is -0.376. The molecule has 0 saturated carbocycles. The molecule has 0 nitrogen and oxygen atoms in total. The summed E-state index contributed by atoms with van der Waals surface area (Å²) in [7, 11) is 0. The first-order valence-corrected chi connectivity index (χ1v) is 9.31. The van der Waals surface area contributed by atoms with Gasteiger partial charge in [-0.3, -0.25) is 0 Å². The molecule has 0 bridgehead atoms. The van der Waals surface area contributed by atoms with Crippen molar-refractivity contribution in [1.29, 1.82) is 0 Å². The molecule has 1 aromatic rings. The Morgan fingerprint density at radius 3 is 2.43 bits per heavy atom. The van der Waals surface area contributed by atoms with Crippen LogP contribution in [0, 0.1) is 0 Å². The molecule has 1 saturated heterocycles. The highest BCUT2D eigenvalue weighted by Crippen LogP contribution is 2.39. The molecule has 1 aliphatic heterocycles. The SMILES string of the molecule is CSC1CCC(C=C(c2ccc(Cl)cc2)C(F)(F)F)SC1. The molecule has 1 aliphatic rings. The number of halogens is 4. The van der Waals surface area contributed by atoms with Crippen LogP contribution in [-0.4, -0.2) is 28.7 Å². The number of benzene rings is 1. The summed E-state index contributed by atoms with van der Waals surface area (Å²) < 4.78 is 39.9. The second-order valence-electron chi connectivity index (χ2n) is 4.89. The molecule has 2 atom stereocenters. The molecule has 1 heterocycles. The molecule has 21 heavy (non-hydrogen) atoms. The second kappa shape index (κ2) is 7.34. The Kier molecular flexibility index (Phi) is 5.97. The van der Waals surface area contributed by atoms with Gasteiger partial charge in [0, 0.05) is 21.3 Å². The number of hydrogen-bond donors (Lipinski definition) is 0. The Labute approximate surface area is 136 Å². The number of hydrogen-bond acceptors (Lipinski definition) is 2. The van der Waals surface area contributed by atoms with Gasteiger partial charge >= 0.3 is 6.18 Å². The Morgan fingerprint density at radius 2 is 1.95 bits per heavy atom. The quantitative estimate of drug-likeness (QED) is 0.663. The lowest BCUT2D eigenvalue weighted by atomic mass is 10.0. The van der Waals surface area contributed by atoms with E-state index in [1.165, 1.54) is 30.3 Å². The zero-order chi connectivity index (χ0) is 15.5. The van der Waals surface area contributed by atoms with E-state index < -0.39 is 11.7 Å². The summed E-state index contributed by atoms with van der Waals surface area (Å²) in [4.78, 5) is 0. The van der Waals surface area contributed by atoms with E-state index in [2.05, 4.69) is 6.26 Å². The largest absolute Gasteiger partial charge is 0.416 e. The third-order valence-electron chi connectivity index (χ3n) is 3.42. The van der Waals surface area contributed by atoms with Crippen molar-refractivity contribution in [3.8, 4) is 0 Å². The van der Waals surface area contributed by atoms with Crippen LogP contribution in [0.25, 0.3) is 5.57 Å². The van der Waals surface area contributed by atoms with Gasteiger partial charge in [-0.1, -0.05) is 29.8 Å². The Hall–Kier alpha value is -0.260. The molecular weight excluding hydrogens is 337 g/mol. The first-order valence-electron chi connectivity index (χ1n) is 6.59. The maximum absolute atomic E-state index is 13.3. The van der Waals surface area contributed by atoms with Crippen LogP contribution in [0.3, 0.4) is 0 Å². The predicted molar refractivity (Wildman–Crippen MR) is 88.3 cm³/mol. The lowest BCUT2D eigenvalue weighted by molar-refractivity contribution is -0.0690. The Morgan fingerprint density at radius 1 is 1.29 bits per heavy atom. The molecule has 2 unspecified atom stereocenters. The maximum atomic E-state index is 13.3. The summed E-state index contributed by atoms with van der Waals surface area (Å²) in [5.74, 6) is 0.911. The van der Waals surface area contributed by atoms with Gasteiger partial charge in [-0.05, 0) is 36.8 Å². The molecule has 2 rings (SSSR count). The van der Waals surface area contributed by atoms with E-state index in [4.69, 9.17) is 11.6 Å². The van der Waals surface area contributed by atoms with E-state index in [0.717, 1.165) is 18.6 Å². The summed E-state index contributed by atoms with van der Waals surface area (Å²) in [6, 6.07) is 5.85. The predicted octanol–water partition coefficient (Wildman–Crippen LogP) is 5.91. The standard InChI is InChI=1S/C15H16ClF3S2/c1-20-13-7-6-12(21-9-13)8-14(15(17,18)19)10-2-4-11(16)5-3-10/h2-5,8,12-13H,6-7,9H2,1H3. The van der Waals surface area contributed by atoms with Crippen LogP contribution in [0.2, 0.25) is 5.02 Å². The Bertz CT molecular complexity index is 489. The minimum atomic E-state index is -4.34. The Balaban J connectivity index is 2.21. The average molecular weight is 353 g/mol. The van der Waals surface area contributed by atoms with E-state index in [9.17, 15) is 13.2 Å². The highest BCUT2D eigenvalue weighted by molar-refractivity contribution is 8.03. The number of rotatable bonds is 3. The van der Waals surface area contributed by atoms with E-state index in [-0.39, 0.29) is 10.8 Å². The van der Waals surface area contributed by atoms with Crippen LogP contribution in [0.5, 0.6) is 0 Å². The third-order valence-corrected chi connectivity index (χ3v) is 6.34. The molecule has 116 valence electrons. The average Bonchev–Trinajstić information content (AvgIpc) is 2.45. The molecule has 1 aromatic carbocycles. The number of alkyl halides is 3. The summed E-state index contributed by atoms with van der Waals surface area (Å²) >= 11 is 9.15. The summed E-state index contributed by atoms with van der Waals surface area (Å²) in [6.45, 7) is 0. The highest BCUT2D eigenvalue weighted by atomic mass is 35.5. The fraction of sp³-hybridized carbons (Fsp3) is 0.467. The van der Waals surface area contributed by atoms with Gasteiger partial charge in [0.05, 0.1) is 5.57 Å². The van der Waals surface area contributed by atoms with Crippen LogP contribution >= 0.6 is 35.1 Å². The van der Waals surface area contributed by atoms with E-state index in [1.54, 1.807) is 23.5 Å². The molecule has 0 amide bonds. The van der Waals surface area contributed by atoms with Crippen molar-refractivity contribution in [3.63, 3.8) is 0 Å². The van der Waals surface area contributed by atoms with Crippen LogP contribution in [0.1, 0.15) is 18.4 Å². The van der Waals surface area contributed by atoms with Gasteiger partial charge in [0.15, 0.2) is 0 Å². The maximum Gasteiger partial charge on any atom is 0.416 e. The van der Waals surface area contributed by atoms with Crippen LogP contribution < -0.4 is 0 Å². The van der Waals surface area contributed by atoms with Crippen molar-refractivity contribution in [3.05, 3.63) is 40.9 Å². The molecular formula is C15H16ClF3S2. The molecule has 0 aromatic heterocycles. The van der Waals surface area contributed by atoms with Crippen molar-refractivity contribution < 1.29 is 13.2 Å². The minimum Gasteiger partial charge on any atom is -0.166 e. The minimum absolute atomic E-state index is 0.0688. The van der Waals surface area contributed by atoms with Gasteiger partial charge in [0.2, 0.25) is 0 Å². The van der Waals surface area contributed by atoms with Crippen molar-refractivity contribution in [2.24, 2.45) is 0 Å². The van der Waals surface area contributed by atoms with Crippen LogP contribution in [0.4, 0.5) is 13.2 Å². The number of allylic oxidation sites excluding steroid dienone is 1. The normalized spacial score (nSPS) is 24.1. The van der Waals surface area contributed by atoms with Gasteiger partial charge < -0.3 is 0 Å². The zero-order valence-corrected chi connectivity index (χ0v) is 13.9. The fourth-order valence-electron chi connectivity index (χ4n) is 2.23. The molecule has 0 aliphatic carbocycles. The van der Waals surface area contributed by atoms with Crippen molar-refractivity contribution in [1.82, 2.24) is 0 Å².